The monoisotopic (exact) mass is 295 g/mol. The Morgan fingerprint density at radius 1 is 1.00 bits per heavy atom. The Hall–Kier alpha value is -1.61. The quantitative estimate of drug-likeness (QED) is 0.798. The SMILES string of the molecule is Cc1cc(F)c(C(C)Nc2ccc(Cl)cc2C)cc1F. The number of aryl methyl sites for hydroxylation is 2. The van der Waals surface area contributed by atoms with Gasteiger partial charge in [-0.15, -0.1) is 0 Å². The van der Waals surface area contributed by atoms with Crippen LogP contribution in [0, 0.1) is 25.5 Å². The molecule has 0 spiro atoms. The molecule has 0 aromatic heterocycles. The van der Waals surface area contributed by atoms with E-state index in [0.29, 0.717) is 16.1 Å². The van der Waals surface area contributed by atoms with Gasteiger partial charge in [-0.1, -0.05) is 11.6 Å². The molecule has 4 heteroatoms. The van der Waals surface area contributed by atoms with E-state index >= 15 is 0 Å². The van der Waals surface area contributed by atoms with Crippen LogP contribution < -0.4 is 5.32 Å². The molecule has 106 valence electrons. The molecule has 20 heavy (non-hydrogen) atoms. The molecule has 1 atom stereocenters. The van der Waals surface area contributed by atoms with Gasteiger partial charge in [0.15, 0.2) is 0 Å². The van der Waals surface area contributed by atoms with E-state index in [1.807, 2.05) is 19.1 Å². The summed E-state index contributed by atoms with van der Waals surface area (Å²) in [5.41, 5.74) is 2.42. The van der Waals surface area contributed by atoms with Crippen molar-refractivity contribution in [3.8, 4) is 0 Å². The molecule has 0 aliphatic rings. The van der Waals surface area contributed by atoms with Gasteiger partial charge in [0, 0.05) is 16.3 Å². The van der Waals surface area contributed by atoms with Crippen molar-refractivity contribution >= 4 is 17.3 Å². The fourth-order valence-corrected chi connectivity index (χ4v) is 2.32. The van der Waals surface area contributed by atoms with Crippen LogP contribution in [0.25, 0.3) is 0 Å². The topological polar surface area (TPSA) is 12.0 Å². The first-order valence-corrected chi connectivity index (χ1v) is 6.74. The second-order valence-electron chi connectivity index (χ2n) is 4.95. The van der Waals surface area contributed by atoms with E-state index in [-0.39, 0.29) is 6.04 Å². The Labute approximate surface area is 122 Å². The number of halogens is 3. The highest BCUT2D eigenvalue weighted by Gasteiger charge is 2.14. The van der Waals surface area contributed by atoms with Gasteiger partial charge in [-0.05, 0) is 62.2 Å². The molecule has 0 bridgehead atoms. The fraction of sp³-hybridized carbons (Fsp3) is 0.250. The number of hydrogen-bond acceptors (Lipinski definition) is 1. The van der Waals surface area contributed by atoms with Gasteiger partial charge in [0.05, 0.1) is 6.04 Å². The van der Waals surface area contributed by atoms with E-state index in [2.05, 4.69) is 5.32 Å². The predicted octanol–water partition coefficient (Wildman–Crippen LogP) is 5.41. The summed E-state index contributed by atoms with van der Waals surface area (Å²) in [4.78, 5) is 0. The van der Waals surface area contributed by atoms with E-state index in [1.165, 1.54) is 12.1 Å². The van der Waals surface area contributed by atoms with Crippen molar-refractivity contribution in [2.24, 2.45) is 0 Å². The summed E-state index contributed by atoms with van der Waals surface area (Å²) < 4.78 is 27.5. The molecule has 1 nitrogen and oxygen atoms in total. The lowest BCUT2D eigenvalue weighted by atomic mass is 10.0. The summed E-state index contributed by atoms with van der Waals surface area (Å²) in [5.74, 6) is -0.807. The summed E-state index contributed by atoms with van der Waals surface area (Å²) in [6.45, 7) is 5.25. The molecule has 2 rings (SSSR count). The second-order valence-corrected chi connectivity index (χ2v) is 5.38. The first-order valence-electron chi connectivity index (χ1n) is 6.36. The van der Waals surface area contributed by atoms with Crippen molar-refractivity contribution < 1.29 is 8.78 Å². The van der Waals surface area contributed by atoms with Crippen molar-refractivity contribution in [1.29, 1.82) is 0 Å². The highest BCUT2D eigenvalue weighted by Crippen LogP contribution is 2.27. The van der Waals surface area contributed by atoms with E-state index in [0.717, 1.165) is 11.3 Å². The van der Waals surface area contributed by atoms with Gasteiger partial charge in [-0.3, -0.25) is 0 Å². The van der Waals surface area contributed by atoms with Crippen LogP contribution >= 0.6 is 11.6 Å². The molecule has 0 radical (unpaired) electrons. The van der Waals surface area contributed by atoms with Gasteiger partial charge in [0.25, 0.3) is 0 Å². The molecule has 1 N–H and O–H groups in total. The van der Waals surface area contributed by atoms with Gasteiger partial charge in [-0.25, -0.2) is 8.78 Å². The number of hydrogen-bond donors (Lipinski definition) is 1. The second kappa shape index (κ2) is 5.80. The van der Waals surface area contributed by atoms with Crippen molar-refractivity contribution in [1.82, 2.24) is 0 Å². The number of nitrogens with one attached hydrogen (secondary N) is 1. The summed E-state index contributed by atoms with van der Waals surface area (Å²) >= 11 is 5.90. The van der Waals surface area contributed by atoms with Crippen LogP contribution in [0.15, 0.2) is 30.3 Å². The zero-order valence-electron chi connectivity index (χ0n) is 11.6. The van der Waals surface area contributed by atoms with Gasteiger partial charge >= 0.3 is 0 Å². The lowest BCUT2D eigenvalue weighted by Gasteiger charge is -2.18. The fourth-order valence-electron chi connectivity index (χ4n) is 2.09. The minimum absolute atomic E-state index is 0.307. The predicted molar refractivity (Wildman–Crippen MR) is 79.3 cm³/mol. The number of anilines is 1. The van der Waals surface area contributed by atoms with E-state index in [9.17, 15) is 8.78 Å². The molecule has 0 aliphatic heterocycles. The van der Waals surface area contributed by atoms with Gasteiger partial charge in [-0.2, -0.15) is 0 Å². The Kier molecular flexibility index (Phi) is 4.29. The highest BCUT2D eigenvalue weighted by atomic mass is 35.5. The van der Waals surface area contributed by atoms with Crippen LogP contribution in [0.5, 0.6) is 0 Å². The molecule has 0 aliphatic carbocycles. The Bertz CT molecular complexity index is 641. The molecule has 0 saturated carbocycles. The first-order chi connectivity index (χ1) is 9.38. The highest BCUT2D eigenvalue weighted by molar-refractivity contribution is 6.30. The third-order valence-electron chi connectivity index (χ3n) is 3.30. The maximum absolute atomic E-state index is 13.9. The Balaban J connectivity index is 2.28. The molecule has 1 unspecified atom stereocenters. The molecule has 0 fully saturated rings. The Morgan fingerprint density at radius 3 is 2.35 bits per heavy atom. The summed E-state index contributed by atoms with van der Waals surface area (Å²) in [7, 11) is 0. The minimum Gasteiger partial charge on any atom is -0.378 e. The van der Waals surface area contributed by atoms with Crippen LogP contribution in [0.1, 0.15) is 29.7 Å². The average molecular weight is 296 g/mol. The molecule has 0 heterocycles. The van der Waals surface area contributed by atoms with Crippen molar-refractivity contribution in [2.45, 2.75) is 26.8 Å². The molecule has 2 aromatic rings. The van der Waals surface area contributed by atoms with Crippen LogP contribution in [0.3, 0.4) is 0 Å². The Morgan fingerprint density at radius 2 is 1.70 bits per heavy atom. The van der Waals surface area contributed by atoms with Crippen LogP contribution in [0.2, 0.25) is 5.02 Å². The van der Waals surface area contributed by atoms with E-state index < -0.39 is 11.6 Å². The smallest absolute Gasteiger partial charge is 0.128 e. The molecular formula is C16H16ClF2N. The standard InChI is InChI=1S/C16H16ClF2N/c1-9-7-15(19)13(8-14(9)18)11(3)20-16-5-4-12(17)6-10(16)2/h4-8,11,20H,1-3H3. The number of rotatable bonds is 3. The van der Waals surface area contributed by atoms with Crippen LogP contribution in [-0.4, -0.2) is 0 Å². The third-order valence-corrected chi connectivity index (χ3v) is 3.54. The maximum Gasteiger partial charge on any atom is 0.128 e. The van der Waals surface area contributed by atoms with E-state index in [1.54, 1.807) is 19.9 Å². The lowest BCUT2D eigenvalue weighted by Crippen LogP contribution is -2.10. The summed E-state index contributed by atoms with van der Waals surface area (Å²) in [6.07, 6.45) is 0. The van der Waals surface area contributed by atoms with Gasteiger partial charge < -0.3 is 5.32 Å². The van der Waals surface area contributed by atoms with Gasteiger partial charge in [0.1, 0.15) is 11.6 Å². The molecule has 0 amide bonds. The van der Waals surface area contributed by atoms with Crippen molar-refractivity contribution in [2.75, 3.05) is 5.32 Å². The normalized spacial score (nSPS) is 12.3. The molecule has 0 saturated heterocycles. The lowest BCUT2D eigenvalue weighted by molar-refractivity contribution is 0.571. The zero-order chi connectivity index (χ0) is 14.9. The average Bonchev–Trinajstić information content (AvgIpc) is 2.37. The first kappa shape index (κ1) is 14.8. The summed E-state index contributed by atoms with van der Waals surface area (Å²) in [6, 6.07) is 7.53. The summed E-state index contributed by atoms with van der Waals surface area (Å²) in [5, 5.41) is 3.82. The van der Waals surface area contributed by atoms with Crippen molar-refractivity contribution in [3.05, 3.63) is 63.7 Å². The zero-order valence-corrected chi connectivity index (χ0v) is 12.4. The molecular weight excluding hydrogens is 280 g/mol. The molecule has 2 aromatic carbocycles. The van der Waals surface area contributed by atoms with Gasteiger partial charge in [0.2, 0.25) is 0 Å². The number of benzene rings is 2. The maximum atomic E-state index is 13.9. The largest absolute Gasteiger partial charge is 0.378 e. The minimum atomic E-state index is -0.407. The van der Waals surface area contributed by atoms with Crippen molar-refractivity contribution in [3.63, 3.8) is 0 Å². The van der Waals surface area contributed by atoms with Crippen LogP contribution in [-0.2, 0) is 0 Å². The van der Waals surface area contributed by atoms with E-state index in [4.69, 9.17) is 11.6 Å². The third kappa shape index (κ3) is 3.10. The van der Waals surface area contributed by atoms with Crippen LogP contribution in [0.4, 0.5) is 14.5 Å².